The molecule has 178 valence electrons. The summed E-state index contributed by atoms with van der Waals surface area (Å²) in [6.07, 6.45) is 3.78. The van der Waals surface area contributed by atoms with Gasteiger partial charge in [-0.2, -0.15) is 0 Å². The molecule has 2 aromatic heterocycles. The Morgan fingerprint density at radius 3 is 2.80 bits per heavy atom. The fourth-order valence-corrected chi connectivity index (χ4v) is 5.39. The van der Waals surface area contributed by atoms with Crippen molar-refractivity contribution in [2.24, 2.45) is 0 Å². The van der Waals surface area contributed by atoms with Crippen LogP contribution in [0, 0.1) is 6.92 Å². The molecule has 0 spiro atoms. The van der Waals surface area contributed by atoms with Crippen molar-refractivity contribution in [1.29, 1.82) is 0 Å². The lowest BCUT2D eigenvalue weighted by atomic mass is 9.95. The van der Waals surface area contributed by atoms with E-state index in [-0.39, 0.29) is 27.4 Å². The minimum absolute atomic E-state index is 0.0144. The predicted molar refractivity (Wildman–Crippen MR) is 127 cm³/mol. The molecular formula is C25H21N3O6S. The molecule has 10 heteroatoms. The molecule has 1 saturated heterocycles. The molecule has 0 aliphatic carbocycles. The fraction of sp³-hybridized carbons (Fsp3) is 0.240. The molecule has 2 atom stereocenters. The van der Waals surface area contributed by atoms with Crippen molar-refractivity contribution in [2.75, 3.05) is 12.0 Å². The van der Waals surface area contributed by atoms with Gasteiger partial charge in [0.05, 0.1) is 24.4 Å². The van der Waals surface area contributed by atoms with Crippen molar-refractivity contribution in [1.82, 2.24) is 9.97 Å². The van der Waals surface area contributed by atoms with E-state index in [9.17, 15) is 19.5 Å². The highest BCUT2D eigenvalue weighted by atomic mass is 32.1. The first kappa shape index (κ1) is 22.7. The monoisotopic (exact) mass is 491 g/mol. The van der Waals surface area contributed by atoms with Crippen molar-refractivity contribution in [3.63, 3.8) is 0 Å². The van der Waals surface area contributed by atoms with Crippen molar-refractivity contribution in [3.8, 4) is 5.75 Å². The number of anilines is 1. The molecule has 9 nitrogen and oxygen atoms in total. The Hall–Kier alpha value is -4.05. The second-order valence-electron chi connectivity index (χ2n) is 8.31. The smallest absolute Gasteiger partial charge is 0.350 e. The number of ether oxygens (including phenoxy) is 2. The topological polar surface area (TPSA) is 119 Å². The number of nitrogens with zero attached hydrogens (tertiary/aromatic N) is 3. The Morgan fingerprint density at radius 1 is 1.29 bits per heavy atom. The number of carbonyl (C=O) groups excluding carboxylic acids is 3. The molecule has 0 saturated carbocycles. The van der Waals surface area contributed by atoms with Crippen LogP contribution in [-0.2, 0) is 20.7 Å². The molecule has 4 heterocycles. The number of esters is 1. The van der Waals surface area contributed by atoms with Crippen LogP contribution in [0.3, 0.4) is 0 Å². The maximum Gasteiger partial charge on any atom is 0.350 e. The first-order chi connectivity index (χ1) is 16.8. The number of carbonyl (C=O) groups is 3. The van der Waals surface area contributed by atoms with Gasteiger partial charge < -0.3 is 14.6 Å². The number of hydrogen-bond acceptors (Lipinski definition) is 9. The molecule has 3 aromatic rings. The molecular weight excluding hydrogens is 470 g/mol. The number of thiazole rings is 1. The molecule has 1 amide bonds. The van der Waals surface area contributed by atoms with Crippen LogP contribution in [0.4, 0.5) is 5.13 Å². The van der Waals surface area contributed by atoms with E-state index in [0.29, 0.717) is 23.2 Å². The lowest BCUT2D eigenvalue weighted by Gasteiger charge is -2.22. The van der Waals surface area contributed by atoms with E-state index < -0.39 is 23.7 Å². The Balaban J connectivity index is 1.67. The summed E-state index contributed by atoms with van der Waals surface area (Å²) in [4.78, 5) is 48.6. The summed E-state index contributed by atoms with van der Waals surface area (Å²) in [6, 6.07) is 7.58. The van der Waals surface area contributed by atoms with Gasteiger partial charge in [0.15, 0.2) is 5.13 Å². The number of pyridine rings is 1. The van der Waals surface area contributed by atoms with Crippen LogP contribution in [0.15, 0.2) is 48.3 Å². The molecule has 5 rings (SSSR count). The molecule has 1 aromatic carbocycles. The van der Waals surface area contributed by atoms with Crippen LogP contribution in [0.25, 0.3) is 5.76 Å². The third-order valence-corrected chi connectivity index (χ3v) is 7.11. The standard InChI is InChI=1S/C25H21N3O6S/c1-12-9-16-10-14(6-7-17(16)34-12)20(29)18-19(15-5-4-8-26-11-15)28(23(31)21(18)30)25-27-13(2)22(35-25)24(32)33-3/h4-8,10-12,19,29H,9H2,1-3H3/t12-,19+/m1/s1. The van der Waals surface area contributed by atoms with Crippen LogP contribution in [0.5, 0.6) is 5.75 Å². The minimum Gasteiger partial charge on any atom is -0.507 e. The van der Waals surface area contributed by atoms with E-state index in [4.69, 9.17) is 9.47 Å². The van der Waals surface area contributed by atoms with Crippen molar-refractivity contribution in [3.05, 3.63) is 75.6 Å². The number of ketones is 1. The zero-order valence-corrected chi connectivity index (χ0v) is 20.0. The van der Waals surface area contributed by atoms with Crippen molar-refractivity contribution in [2.45, 2.75) is 32.4 Å². The second kappa shape index (κ2) is 8.62. The minimum atomic E-state index is -0.983. The van der Waals surface area contributed by atoms with Gasteiger partial charge >= 0.3 is 11.9 Å². The number of hydrogen-bond donors (Lipinski definition) is 1. The van der Waals surface area contributed by atoms with Crippen LogP contribution < -0.4 is 9.64 Å². The Bertz CT molecular complexity index is 1400. The quantitative estimate of drug-likeness (QED) is 0.255. The maximum atomic E-state index is 13.3. The van der Waals surface area contributed by atoms with Gasteiger partial charge in [0.2, 0.25) is 0 Å². The zero-order chi connectivity index (χ0) is 24.9. The van der Waals surface area contributed by atoms with E-state index >= 15 is 0 Å². The average Bonchev–Trinajstić information content (AvgIpc) is 3.50. The van der Waals surface area contributed by atoms with Crippen LogP contribution in [0.1, 0.15) is 45.0 Å². The van der Waals surface area contributed by atoms with E-state index in [0.717, 1.165) is 22.6 Å². The fourth-order valence-electron chi connectivity index (χ4n) is 4.38. The van der Waals surface area contributed by atoms with Gasteiger partial charge in [0.25, 0.3) is 5.78 Å². The Labute approximate surface area is 204 Å². The van der Waals surface area contributed by atoms with Crippen molar-refractivity contribution >= 4 is 39.9 Å². The number of aliphatic hydroxyl groups excluding tert-OH is 1. The van der Waals surface area contributed by atoms with Crippen LogP contribution >= 0.6 is 11.3 Å². The maximum absolute atomic E-state index is 13.3. The first-order valence-electron chi connectivity index (χ1n) is 10.9. The molecule has 0 unspecified atom stereocenters. The highest BCUT2D eigenvalue weighted by Gasteiger charge is 2.48. The zero-order valence-electron chi connectivity index (χ0n) is 19.1. The molecule has 2 aliphatic heterocycles. The summed E-state index contributed by atoms with van der Waals surface area (Å²) in [5.74, 6) is -1.87. The van der Waals surface area contributed by atoms with E-state index in [1.54, 1.807) is 43.5 Å². The molecule has 0 bridgehead atoms. The number of rotatable bonds is 4. The molecule has 35 heavy (non-hydrogen) atoms. The third-order valence-electron chi connectivity index (χ3n) is 5.98. The number of aliphatic hydroxyl groups is 1. The van der Waals surface area contributed by atoms with Gasteiger partial charge in [0, 0.05) is 24.4 Å². The summed E-state index contributed by atoms with van der Waals surface area (Å²) in [6.45, 7) is 3.57. The SMILES string of the molecule is COC(=O)c1sc(N2C(=O)C(=O)C(=C(O)c3ccc4c(c3)C[C@@H](C)O4)[C@@H]2c2cccnc2)nc1C. The predicted octanol–water partition coefficient (Wildman–Crippen LogP) is 3.58. The number of aryl methyl sites for hydroxylation is 1. The van der Waals surface area contributed by atoms with Crippen LogP contribution in [0.2, 0.25) is 0 Å². The van der Waals surface area contributed by atoms with Gasteiger partial charge in [-0.25, -0.2) is 9.78 Å². The highest BCUT2D eigenvalue weighted by molar-refractivity contribution is 7.17. The first-order valence-corrected chi connectivity index (χ1v) is 11.7. The number of aromatic nitrogens is 2. The Kier molecular flexibility index (Phi) is 5.60. The summed E-state index contributed by atoms with van der Waals surface area (Å²) in [5, 5.41) is 11.5. The normalized spacial score (nSPS) is 20.6. The van der Waals surface area contributed by atoms with Crippen LogP contribution in [-0.4, -0.2) is 45.9 Å². The molecule has 1 N–H and O–H groups in total. The lowest BCUT2D eigenvalue weighted by molar-refractivity contribution is -0.132. The number of Topliss-reactive ketones (excluding diaryl/α,β-unsaturated/α-hetero) is 1. The second-order valence-corrected chi connectivity index (χ2v) is 9.29. The molecule has 1 fully saturated rings. The Morgan fingerprint density at radius 2 is 2.09 bits per heavy atom. The summed E-state index contributed by atoms with van der Waals surface area (Å²) in [5.41, 5.74) is 2.11. The van der Waals surface area contributed by atoms with Gasteiger partial charge in [-0.15, -0.1) is 0 Å². The van der Waals surface area contributed by atoms with E-state index in [1.807, 2.05) is 6.92 Å². The number of benzene rings is 1. The third kappa shape index (κ3) is 3.75. The largest absolute Gasteiger partial charge is 0.507 e. The van der Waals surface area contributed by atoms with Crippen molar-refractivity contribution < 1.29 is 29.0 Å². The lowest BCUT2D eigenvalue weighted by Crippen LogP contribution is -2.29. The molecule has 0 radical (unpaired) electrons. The molecule has 2 aliphatic rings. The highest BCUT2D eigenvalue weighted by Crippen LogP contribution is 2.44. The summed E-state index contributed by atoms with van der Waals surface area (Å²) in [7, 11) is 1.26. The van der Waals surface area contributed by atoms with E-state index in [2.05, 4.69) is 9.97 Å². The van der Waals surface area contributed by atoms with Gasteiger partial charge in [-0.05, 0) is 49.2 Å². The average molecular weight is 492 g/mol. The summed E-state index contributed by atoms with van der Waals surface area (Å²) < 4.78 is 10.5. The van der Waals surface area contributed by atoms with E-state index in [1.165, 1.54) is 18.2 Å². The van der Waals surface area contributed by atoms with Gasteiger partial charge in [0.1, 0.15) is 22.5 Å². The number of methoxy groups -OCH3 is 1. The van der Waals surface area contributed by atoms with Gasteiger partial charge in [-0.1, -0.05) is 17.4 Å². The summed E-state index contributed by atoms with van der Waals surface area (Å²) >= 11 is 0.946. The number of fused-ring (bicyclic) bond motifs is 1. The van der Waals surface area contributed by atoms with Gasteiger partial charge in [-0.3, -0.25) is 19.5 Å². The number of amides is 1.